The van der Waals surface area contributed by atoms with Crippen molar-refractivity contribution in [3.8, 4) is 5.82 Å². The Morgan fingerprint density at radius 1 is 1.42 bits per heavy atom. The first-order valence-corrected chi connectivity index (χ1v) is 8.11. The van der Waals surface area contributed by atoms with Crippen molar-refractivity contribution in [1.29, 1.82) is 0 Å². The van der Waals surface area contributed by atoms with Crippen molar-refractivity contribution in [2.45, 2.75) is 39.3 Å². The summed E-state index contributed by atoms with van der Waals surface area (Å²) >= 11 is 0. The molecule has 2 amide bonds. The van der Waals surface area contributed by atoms with E-state index in [0.29, 0.717) is 12.4 Å². The number of carbonyl (C=O) groups is 1. The highest BCUT2D eigenvalue weighted by Gasteiger charge is 2.27. The summed E-state index contributed by atoms with van der Waals surface area (Å²) in [5.41, 5.74) is -0.00456. The van der Waals surface area contributed by atoms with Crippen LogP contribution in [0, 0.1) is 5.92 Å². The van der Waals surface area contributed by atoms with Crippen LogP contribution in [0.15, 0.2) is 36.8 Å². The predicted octanol–water partition coefficient (Wildman–Crippen LogP) is 1.86. The van der Waals surface area contributed by atoms with Gasteiger partial charge in [-0.25, -0.2) is 14.5 Å². The molecule has 2 rings (SSSR count). The summed E-state index contributed by atoms with van der Waals surface area (Å²) in [4.78, 5) is 16.2. The van der Waals surface area contributed by atoms with Crippen LogP contribution in [0.3, 0.4) is 0 Å². The van der Waals surface area contributed by atoms with E-state index >= 15 is 0 Å². The van der Waals surface area contributed by atoms with Gasteiger partial charge in [-0.2, -0.15) is 5.10 Å². The van der Waals surface area contributed by atoms with Crippen LogP contribution in [0.4, 0.5) is 4.79 Å². The Labute approximate surface area is 142 Å². The van der Waals surface area contributed by atoms with Crippen molar-refractivity contribution in [2.75, 3.05) is 6.54 Å². The van der Waals surface area contributed by atoms with Gasteiger partial charge in [-0.05, 0) is 36.6 Å². The third kappa shape index (κ3) is 4.79. The maximum atomic E-state index is 11.9. The van der Waals surface area contributed by atoms with Crippen LogP contribution >= 0.6 is 0 Å². The molecule has 2 aromatic heterocycles. The van der Waals surface area contributed by atoms with Crippen molar-refractivity contribution in [1.82, 2.24) is 25.4 Å². The van der Waals surface area contributed by atoms with Gasteiger partial charge in [-0.1, -0.05) is 20.3 Å². The van der Waals surface area contributed by atoms with Gasteiger partial charge in [0.15, 0.2) is 5.82 Å². The molecule has 0 aliphatic heterocycles. The molecule has 3 N–H and O–H groups in total. The van der Waals surface area contributed by atoms with E-state index in [4.69, 9.17) is 0 Å². The van der Waals surface area contributed by atoms with E-state index in [-0.39, 0.29) is 18.5 Å². The van der Waals surface area contributed by atoms with Crippen LogP contribution in [0.5, 0.6) is 0 Å². The Bertz CT molecular complexity index is 655. The van der Waals surface area contributed by atoms with Gasteiger partial charge in [0.25, 0.3) is 0 Å². The summed E-state index contributed by atoms with van der Waals surface area (Å²) in [6.07, 6.45) is 6.02. The first-order chi connectivity index (χ1) is 11.4. The SMILES string of the molecule is CCC(C)C(C)(O)CNC(=O)NCc1ccnc(-n2cccn2)c1. The molecule has 0 fully saturated rings. The van der Waals surface area contributed by atoms with Crippen LogP contribution in [-0.4, -0.2) is 38.0 Å². The first-order valence-electron chi connectivity index (χ1n) is 8.11. The van der Waals surface area contributed by atoms with E-state index in [1.165, 1.54) is 0 Å². The van der Waals surface area contributed by atoms with E-state index in [2.05, 4.69) is 20.7 Å². The number of nitrogens with one attached hydrogen (secondary N) is 2. The molecule has 7 heteroatoms. The Kier molecular flexibility index (Phi) is 5.92. The second-order valence-electron chi connectivity index (χ2n) is 6.18. The van der Waals surface area contributed by atoms with Crippen molar-refractivity contribution >= 4 is 6.03 Å². The fourth-order valence-corrected chi connectivity index (χ4v) is 2.22. The van der Waals surface area contributed by atoms with Gasteiger partial charge < -0.3 is 15.7 Å². The van der Waals surface area contributed by atoms with Gasteiger partial charge in [-0.15, -0.1) is 0 Å². The molecule has 0 radical (unpaired) electrons. The maximum Gasteiger partial charge on any atom is 0.315 e. The van der Waals surface area contributed by atoms with E-state index in [1.807, 2.05) is 38.2 Å². The summed E-state index contributed by atoms with van der Waals surface area (Å²) in [6.45, 7) is 6.30. The Hall–Kier alpha value is -2.41. The lowest BCUT2D eigenvalue weighted by Crippen LogP contribution is -2.47. The maximum absolute atomic E-state index is 11.9. The number of amides is 2. The zero-order valence-electron chi connectivity index (χ0n) is 14.4. The van der Waals surface area contributed by atoms with Gasteiger partial charge in [0.1, 0.15) is 0 Å². The summed E-state index contributed by atoms with van der Waals surface area (Å²) < 4.78 is 1.66. The van der Waals surface area contributed by atoms with Gasteiger partial charge in [0.05, 0.1) is 5.60 Å². The predicted molar refractivity (Wildman–Crippen MR) is 91.7 cm³/mol. The zero-order valence-corrected chi connectivity index (χ0v) is 14.4. The summed E-state index contributed by atoms with van der Waals surface area (Å²) in [6, 6.07) is 5.21. The van der Waals surface area contributed by atoms with Crippen LogP contribution in [-0.2, 0) is 6.54 Å². The second kappa shape index (κ2) is 7.92. The van der Waals surface area contributed by atoms with E-state index in [9.17, 15) is 9.90 Å². The third-order valence-electron chi connectivity index (χ3n) is 4.28. The van der Waals surface area contributed by atoms with Gasteiger partial charge in [0.2, 0.25) is 0 Å². The molecule has 2 unspecified atom stereocenters. The lowest BCUT2D eigenvalue weighted by Gasteiger charge is -2.29. The van der Waals surface area contributed by atoms with Gasteiger partial charge >= 0.3 is 6.03 Å². The summed E-state index contributed by atoms with van der Waals surface area (Å²) in [5, 5.41) is 19.9. The minimum Gasteiger partial charge on any atom is -0.388 e. The smallest absolute Gasteiger partial charge is 0.315 e. The molecule has 0 aromatic carbocycles. The fourth-order valence-electron chi connectivity index (χ4n) is 2.22. The average Bonchev–Trinajstić information content (AvgIpc) is 3.12. The minimum absolute atomic E-state index is 0.106. The van der Waals surface area contributed by atoms with Gasteiger partial charge in [-0.3, -0.25) is 0 Å². The molecule has 0 bridgehead atoms. The molecule has 2 atom stereocenters. The number of nitrogens with zero attached hydrogens (tertiary/aromatic N) is 3. The lowest BCUT2D eigenvalue weighted by atomic mass is 9.89. The highest BCUT2D eigenvalue weighted by atomic mass is 16.3. The molecule has 0 spiro atoms. The van der Waals surface area contributed by atoms with Crippen LogP contribution < -0.4 is 10.6 Å². The summed E-state index contributed by atoms with van der Waals surface area (Å²) in [5.74, 6) is 0.800. The molecule has 7 nitrogen and oxygen atoms in total. The van der Waals surface area contributed by atoms with Gasteiger partial charge in [0, 0.05) is 31.7 Å². The number of aliphatic hydroxyl groups is 1. The number of aromatic nitrogens is 3. The Morgan fingerprint density at radius 3 is 2.88 bits per heavy atom. The Morgan fingerprint density at radius 2 is 2.21 bits per heavy atom. The van der Waals surface area contributed by atoms with Crippen molar-refractivity contribution < 1.29 is 9.90 Å². The molecular formula is C17H25N5O2. The molecule has 0 saturated heterocycles. The number of carbonyl (C=O) groups excluding carboxylic acids is 1. The number of rotatable bonds is 7. The molecule has 0 aliphatic rings. The highest BCUT2D eigenvalue weighted by Crippen LogP contribution is 2.18. The largest absolute Gasteiger partial charge is 0.388 e. The quantitative estimate of drug-likeness (QED) is 0.722. The number of pyridine rings is 1. The number of urea groups is 1. The molecular weight excluding hydrogens is 306 g/mol. The van der Waals surface area contributed by atoms with Crippen molar-refractivity contribution in [3.05, 3.63) is 42.4 Å². The normalized spacial score (nSPS) is 14.7. The zero-order chi connectivity index (χ0) is 17.6. The van der Waals surface area contributed by atoms with E-state index in [0.717, 1.165) is 12.0 Å². The molecule has 24 heavy (non-hydrogen) atoms. The van der Waals surface area contributed by atoms with Crippen molar-refractivity contribution in [2.24, 2.45) is 5.92 Å². The fraction of sp³-hybridized carbons (Fsp3) is 0.471. The third-order valence-corrected chi connectivity index (χ3v) is 4.28. The van der Waals surface area contributed by atoms with Crippen LogP contribution in [0.1, 0.15) is 32.8 Å². The molecule has 2 aromatic rings. The number of hydrogen-bond acceptors (Lipinski definition) is 4. The molecule has 130 valence electrons. The lowest BCUT2D eigenvalue weighted by molar-refractivity contribution is 0.00790. The monoisotopic (exact) mass is 331 g/mol. The van der Waals surface area contributed by atoms with Crippen molar-refractivity contribution in [3.63, 3.8) is 0 Å². The molecule has 0 aliphatic carbocycles. The molecule has 0 saturated carbocycles. The highest BCUT2D eigenvalue weighted by molar-refractivity contribution is 5.73. The second-order valence-corrected chi connectivity index (χ2v) is 6.18. The Balaban J connectivity index is 1.85. The molecule has 2 heterocycles. The van der Waals surface area contributed by atoms with Crippen LogP contribution in [0.25, 0.3) is 5.82 Å². The minimum atomic E-state index is -0.921. The average molecular weight is 331 g/mol. The van der Waals surface area contributed by atoms with E-state index in [1.54, 1.807) is 24.0 Å². The topological polar surface area (TPSA) is 92.1 Å². The summed E-state index contributed by atoms with van der Waals surface area (Å²) in [7, 11) is 0. The van der Waals surface area contributed by atoms with Crippen LogP contribution in [0.2, 0.25) is 0 Å². The van der Waals surface area contributed by atoms with E-state index < -0.39 is 5.60 Å². The number of hydrogen-bond donors (Lipinski definition) is 3. The standard InChI is InChI=1S/C17H25N5O2/c1-4-13(2)17(3,24)12-20-16(23)19-11-14-6-8-18-15(10-14)22-9-5-7-21-22/h5-10,13,24H,4,11-12H2,1-3H3,(H2,19,20,23). The first kappa shape index (κ1) is 17.9.